The lowest BCUT2D eigenvalue weighted by Crippen LogP contribution is -2.42. The molecule has 1 aliphatic rings. The van der Waals surface area contributed by atoms with Crippen molar-refractivity contribution < 1.29 is 0 Å². The van der Waals surface area contributed by atoms with Gasteiger partial charge in [-0.2, -0.15) is 0 Å². The van der Waals surface area contributed by atoms with Crippen molar-refractivity contribution in [2.45, 2.75) is 39.7 Å². The Morgan fingerprint density at radius 2 is 1.71 bits per heavy atom. The summed E-state index contributed by atoms with van der Waals surface area (Å²) in [6.45, 7) is 7.70. The molecule has 1 aromatic carbocycles. The molecule has 94 valence electrons. The topological polar surface area (TPSA) is 29.3 Å². The average Bonchev–Trinajstić information content (AvgIpc) is 2.21. The van der Waals surface area contributed by atoms with Gasteiger partial charge in [-0.15, -0.1) is 0 Å². The summed E-state index contributed by atoms with van der Waals surface area (Å²) in [5.74, 6) is 0.788. The second kappa shape index (κ2) is 4.69. The van der Waals surface area contributed by atoms with Gasteiger partial charge in [-0.3, -0.25) is 0 Å². The molecule has 0 radical (unpaired) electrons. The minimum absolute atomic E-state index is 0.453. The number of anilines is 1. The third kappa shape index (κ3) is 2.63. The molecule has 0 spiro atoms. The van der Waals surface area contributed by atoms with E-state index in [0.29, 0.717) is 6.04 Å². The van der Waals surface area contributed by atoms with E-state index in [2.05, 4.69) is 44.9 Å². The van der Waals surface area contributed by atoms with Crippen LogP contribution in [0.5, 0.6) is 0 Å². The van der Waals surface area contributed by atoms with E-state index >= 15 is 0 Å². The van der Waals surface area contributed by atoms with E-state index < -0.39 is 0 Å². The maximum atomic E-state index is 5.84. The van der Waals surface area contributed by atoms with Crippen LogP contribution in [0.15, 0.2) is 12.1 Å². The molecular weight excluding hydrogens is 208 g/mol. The summed E-state index contributed by atoms with van der Waals surface area (Å²) < 4.78 is 0. The molecule has 0 saturated heterocycles. The lowest BCUT2D eigenvalue weighted by Gasteiger charge is -2.36. The van der Waals surface area contributed by atoms with Crippen LogP contribution in [0.2, 0.25) is 0 Å². The van der Waals surface area contributed by atoms with Crippen molar-refractivity contribution in [1.82, 2.24) is 0 Å². The van der Waals surface area contributed by atoms with E-state index in [1.54, 1.807) is 0 Å². The summed E-state index contributed by atoms with van der Waals surface area (Å²) in [6.07, 6.45) is 2.38. The van der Waals surface area contributed by atoms with Crippen LogP contribution < -0.4 is 10.6 Å². The number of aryl methyl sites for hydroxylation is 3. The fourth-order valence-electron chi connectivity index (χ4n) is 2.78. The van der Waals surface area contributed by atoms with Gasteiger partial charge in [0.15, 0.2) is 0 Å². The van der Waals surface area contributed by atoms with E-state index in [9.17, 15) is 0 Å². The zero-order valence-corrected chi connectivity index (χ0v) is 11.5. The molecule has 1 aromatic rings. The lowest BCUT2D eigenvalue weighted by atomic mass is 9.80. The van der Waals surface area contributed by atoms with Gasteiger partial charge in [-0.25, -0.2) is 0 Å². The number of rotatable bonds is 3. The number of hydrogen-bond donors (Lipinski definition) is 1. The molecule has 2 nitrogen and oxygen atoms in total. The van der Waals surface area contributed by atoms with Crippen LogP contribution >= 0.6 is 0 Å². The number of nitrogens with zero attached hydrogens (tertiary/aromatic N) is 1. The van der Waals surface area contributed by atoms with E-state index in [4.69, 9.17) is 5.73 Å². The van der Waals surface area contributed by atoms with Crippen molar-refractivity contribution in [2.75, 3.05) is 18.5 Å². The molecule has 2 heteroatoms. The zero-order valence-electron chi connectivity index (χ0n) is 11.5. The summed E-state index contributed by atoms with van der Waals surface area (Å²) in [6, 6.07) is 5.05. The molecule has 0 heterocycles. The minimum atomic E-state index is 0.453. The van der Waals surface area contributed by atoms with Crippen molar-refractivity contribution in [1.29, 1.82) is 0 Å². The number of hydrogen-bond acceptors (Lipinski definition) is 2. The predicted molar refractivity (Wildman–Crippen MR) is 74.6 cm³/mol. The molecule has 0 unspecified atom stereocenters. The molecule has 0 bridgehead atoms. The Morgan fingerprint density at radius 3 is 2.29 bits per heavy atom. The third-order valence-electron chi connectivity index (χ3n) is 4.03. The van der Waals surface area contributed by atoms with Crippen LogP contribution in [0.4, 0.5) is 5.69 Å². The maximum absolute atomic E-state index is 5.84. The van der Waals surface area contributed by atoms with E-state index in [-0.39, 0.29) is 0 Å². The monoisotopic (exact) mass is 232 g/mol. The molecule has 2 rings (SSSR count). The van der Waals surface area contributed by atoms with Crippen LogP contribution in [0, 0.1) is 26.7 Å². The van der Waals surface area contributed by atoms with Crippen molar-refractivity contribution >= 4 is 5.69 Å². The van der Waals surface area contributed by atoms with Crippen LogP contribution in [0.1, 0.15) is 29.5 Å². The van der Waals surface area contributed by atoms with Gasteiger partial charge < -0.3 is 10.6 Å². The second-order valence-corrected chi connectivity index (χ2v) is 5.70. The first-order valence-corrected chi connectivity index (χ1v) is 6.52. The van der Waals surface area contributed by atoms with E-state index in [0.717, 1.165) is 12.5 Å². The van der Waals surface area contributed by atoms with Crippen LogP contribution in [0.25, 0.3) is 0 Å². The van der Waals surface area contributed by atoms with Gasteiger partial charge in [0.25, 0.3) is 0 Å². The largest absolute Gasteiger partial charge is 0.374 e. The first-order chi connectivity index (χ1) is 7.97. The summed E-state index contributed by atoms with van der Waals surface area (Å²) in [7, 11) is 2.20. The summed E-state index contributed by atoms with van der Waals surface area (Å²) in [5.41, 5.74) is 11.3. The average molecular weight is 232 g/mol. The highest BCUT2D eigenvalue weighted by molar-refractivity contribution is 5.56. The van der Waals surface area contributed by atoms with Gasteiger partial charge >= 0.3 is 0 Å². The molecule has 1 saturated carbocycles. The van der Waals surface area contributed by atoms with Crippen molar-refractivity contribution in [3.63, 3.8) is 0 Å². The minimum Gasteiger partial charge on any atom is -0.374 e. The third-order valence-corrected chi connectivity index (χ3v) is 4.03. The maximum Gasteiger partial charge on any atom is 0.0396 e. The highest BCUT2D eigenvalue weighted by Crippen LogP contribution is 2.29. The molecular formula is C15H24N2. The standard InChI is InChI=1S/C15H24N2/c1-10-5-12(3)15(6-11(10)2)17(4)9-13-7-14(16)8-13/h5-6,13-14H,7-9,16H2,1-4H3. The normalized spacial score (nSPS) is 23.4. The first kappa shape index (κ1) is 12.4. The van der Waals surface area contributed by atoms with Gasteiger partial charge in [0, 0.05) is 25.3 Å². The predicted octanol–water partition coefficient (Wildman–Crippen LogP) is 2.79. The molecule has 2 N–H and O–H groups in total. The smallest absolute Gasteiger partial charge is 0.0396 e. The summed E-state index contributed by atoms with van der Waals surface area (Å²) in [5, 5.41) is 0. The Hall–Kier alpha value is -1.02. The molecule has 0 aromatic heterocycles. The molecule has 1 aliphatic carbocycles. The molecule has 17 heavy (non-hydrogen) atoms. The quantitative estimate of drug-likeness (QED) is 0.868. The lowest BCUT2D eigenvalue weighted by molar-refractivity contribution is 0.271. The Kier molecular flexibility index (Phi) is 3.43. The first-order valence-electron chi connectivity index (χ1n) is 6.52. The van der Waals surface area contributed by atoms with Crippen LogP contribution in [-0.2, 0) is 0 Å². The van der Waals surface area contributed by atoms with E-state index in [1.807, 2.05) is 0 Å². The van der Waals surface area contributed by atoms with Crippen molar-refractivity contribution in [3.8, 4) is 0 Å². The van der Waals surface area contributed by atoms with Gasteiger partial charge in [-0.05, 0) is 62.3 Å². The highest BCUT2D eigenvalue weighted by atomic mass is 15.1. The number of benzene rings is 1. The van der Waals surface area contributed by atoms with Gasteiger partial charge in [-0.1, -0.05) is 6.07 Å². The Labute approximate surface area is 105 Å². The van der Waals surface area contributed by atoms with Gasteiger partial charge in [0.05, 0.1) is 0 Å². The Balaban J connectivity index is 2.08. The molecule has 0 atom stereocenters. The SMILES string of the molecule is Cc1cc(C)c(N(C)CC2CC(N)C2)cc1C. The van der Waals surface area contributed by atoms with Gasteiger partial charge in [0.1, 0.15) is 0 Å². The van der Waals surface area contributed by atoms with Crippen molar-refractivity contribution in [2.24, 2.45) is 11.7 Å². The van der Waals surface area contributed by atoms with Crippen LogP contribution in [-0.4, -0.2) is 19.6 Å². The molecule has 0 aliphatic heterocycles. The summed E-state index contributed by atoms with van der Waals surface area (Å²) >= 11 is 0. The van der Waals surface area contributed by atoms with Crippen molar-refractivity contribution in [3.05, 3.63) is 28.8 Å². The number of nitrogens with two attached hydrogens (primary N) is 1. The van der Waals surface area contributed by atoms with Crippen LogP contribution in [0.3, 0.4) is 0 Å². The molecule has 0 amide bonds. The summed E-state index contributed by atoms with van der Waals surface area (Å²) in [4.78, 5) is 2.39. The second-order valence-electron chi connectivity index (χ2n) is 5.70. The fraction of sp³-hybridized carbons (Fsp3) is 0.600. The molecule has 1 fully saturated rings. The fourth-order valence-corrected chi connectivity index (χ4v) is 2.78. The zero-order chi connectivity index (χ0) is 12.6. The van der Waals surface area contributed by atoms with Gasteiger partial charge in [0.2, 0.25) is 0 Å². The van der Waals surface area contributed by atoms with E-state index in [1.165, 1.54) is 35.2 Å². The highest BCUT2D eigenvalue weighted by Gasteiger charge is 2.27. The Morgan fingerprint density at radius 1 is 1.12 bits per heavy atom. The Bertz CT molecular complexity index is 406.